The summed E-state index contributed by atoms with van der Waals surface area (Å²) in [6.07, 6.45) is 1.02. The number of carbonyl (C=O) groups excluding carboxylic acids is 1. The van der Waals surface area contributed by atoms with Crippen molar-refractivity contribution < 1.29 is 14.4 Å². The van der Waals surface area contributed by atoms with Crippen LogP contribution in [0.2, 0.25) is 5.02 Å². The molecule has 1 N–H and O–H groups in total. The van der Waals surface area contributed by atoms with Crippen molar-refractivity contribution in [2.24, 2.45) is 0 Å². The summed E-state index contributed by atoms with van der Waals surface area (Å²) >= 11 is 5.85. The first-order valence-corrected chi connectivity index (χ1v) is 6.31. The fourth-order valence-corrected chi connectivity index (χ4v) is 1.62. The number of carbonyl (C=O) groups is 1. The number of nitrogens with one attached hydrogen (secondary N) is 1. The first-order chi connectivity index (χ1) is 8.63. The molecule has 1 aromatic rings. The Kier molecular flexibility index (Phi) is 6.54. The summed E-state index contributed by atoms with van der Waals surface area (Å²) in [5.74, 6) is 0.665. The molecule has 0 unspecified atom stereocenters. The van der Waals surface area contributed by atoms with Gasteiger partial charge in [0.25, 0.3) is 0 Å². The van der Waals surface area contributed by atoms with Crippen LogP contribution in [-0.2, 0) is 9.63 Å². The molecule has 1 aromatic carbocycles. The van der Waals surface area contributed by atoms with Gasteiger partial charge in [-0.3, -0.25) is 9.63 Å². The third-order valence-corrected chi connectivity index (χ3v) is 2.51. The standard InChI is InChI=1S/C13H18ClNO3/c1-3-18-15-13(16)5-4-8-17-12-7-6-11(14)9-10(12)2/h6-7,9H,3-5,8H2,1-2H3,(H,15,16). The molecule has 0 aliphatic rings. The van der Waals surface area contributed by atoms with Crippen molar-refractivity contribution in [1.29, 1.82) is 0 Å². The van der Waals surface area contributed by atoms with Crippen molar-refractivity contribution in [3.63, 3.8) is 0 Å². The highest BCUT2D eigenvalue weighted by atomic mass is 35.5. The molecule has 0 heterocycles. The number of hydroxylamine groups is 1. The summed E-state index contributed by atoms with van der Waals surface area (Å²) in [5.41, 5.74) is 3.33. The van der Waals surface area contributed by atoms with Crippen LogP contribution in [0.3, 0.4) is 0 Å². The van der Waals surface area contributed by atoms with Crippen LogP contribution in [-0.4, -0.2) is 19.1 Å². The molecule has 100 valence electrons. The van der Waals surface area contributed by atoms with Gasteiger partial charge < -0.3 is 4.74 Å². The largest absolute Gasteiger partial charge is 0.493 e. The molecule has 1 amide bonds. The molecule has 0 spiro atoms. The van der Waals surface area contributed by atoms with E-state index in [2.05, 4.69) is 5.48 Å². The van der Waals surface area contributed by atoms with Crippen LogP contribution in [0.25, 0.3) is 0 Å². The third-order valence-electron chi connectivity index (χ3n) is 2.27. The molecule has 0 aromatic heterocycles. The molecule has 1 rings (SSSR count). The second-order valence-electron chi connectivity index (χ2n) is 3.82. The molecule has 0 fully saturated rings. The van der Waals surface area contributed by atoms with Crippen LogP contribution >= 0.6 is 11.6 Å². The Morgan fingerprint density at radius 1 is 1.44 bits per heavy atom. The minimum atomic E-state index is -0.131. The highest BCUT2D eigenvalue weighted by Crippen LogP contribution is 2.21. The van der Waals surface area contributed by atoms with Gasteiger partial charge in [0.1, 0.15) is 5.75 Å². The molecule has 18 heavy (non-hydrogen) atoms. The SMILES string of the molecule is CCONC(=O)CCCOc1ccc(Cl)cc1C. The number of hydrogen-bond acceptors (Lipinski definition) is 3. The van der Waals surface area contributed by atoms with Crippen LogP contribution in [0, 0.1) is 6.92 Å². The normalized spacial score (nSPS) is 10.2. The third kappa shape index (κ3) is 5.38. The van der Waals surface area contributed by atoms with Gasteiger partial charge in [-0.15, -0.1) is 0 Å². The van der Waals surface area contributed by atoms with Gasteiger partial charge in [-0.05, 0) is 44.0 Å². The number of halogens is 1. The number of hydrogen-bond donors (Lipinski definition) is 1. The fourth-order valence-electron chi connectivity index (χ4n) is 1.39. The highest BCUT2D eigenvalue weighted by molar-refractivity contribution is 6.30. The Balaban J connectivity index is 2.23. The second-order valence-corrected chi connectivity index (χ2v) is 4.26. The van der Waals surface area contributed by atoms with Gasteiger partial charge in [0.15, 0.2) is 0 Å². The van der Waals surface area contributed by atoms with Crippen LogP contribution in [0.4, 0.5) is 0 Å². The van der Waals surface area contributed by atoms with E-state index in [0.29, 0.717) is 31.1 Å². The Bertz CT molecular complexity index is 396. The number of amides is 1. The number of benzene rings is 1. The first kappa shape index (κ1) is 14.8. The summed E-state index contributed by atoms with van der Waals surface area (Å²) < 4.78 is 5.57. The summed E-state index contributed by atoms with van der Waals surface area (Å²) in [7, 11) is 0. The molecule has 0 atom stereocenters. The topological polar surface area (TPSA) is 47.6 Å². The first-order valence-electron chi connectivity index (χ1n) is 5.93. The van der Waals surface area contributed by atoms with Crippen molar-refractivity contribution in [3.05, 3.63) is 28.8 Å². The maximum Gasteiger partial charge on any atom is 0.243 e. The van der Waals surface area contributed by atoms with Gasteiger partial charge in [0, 0.05) is 11.4 Å². The summed E-state index contributed by atoms with van der Waals surface area (Å²) in [6, 6.07) is 5.46. The van der Waals surface area contributed by atoms with E-state index in [-0.39, 0.29) is 5.91 Å². The average molecular weight is 272 g/mol. The monoisotopic (exact) mass is 271 g/mol. The van der Waals surface area contributed by atoms with E-state index in [1.165, 1.54) is 0 Å². The minimum absolute atomic E-state index is 0.131. The van der Waals surface area contributed by atoms with Crippen molar-refractivity contribution in [2.75, 3.05) is 13.2 Å². The van der Waals surface area contributed by atoms with Crippen molar-refractivity contribution in [3.8, 4) is 5.75 Å². The molecule has 0 bridgehead atoms. The lowest BCUT2D eigenvalue weighted by Crippen LogP contribution is -2.23. The summed E-state index contributed by atoms with van der Waals surface area (Å²) in [4.78, 5) is 16.0. The molecule has 0 aliphatic heterocycles. The zero-order valence-corrected chi connectivity index (χ0v) is 11.4. The number of ether oxygens (including phenoxy) is 1. The van der Waals surface area contributed by atoms with Crippen LogP contribution < -0.4 is 10.2 Å². The number of aryl methyl sites for hydroxylation is 1. The van der Waals surface area contributed by atoms with E-state index in [9.17, 15) is 4.79 Å². The van der Waals surface area contributed by atoms with Gasteiger partial charge >= 0.3 is 0 Å². The zero-order chi connectivity index (χ0) is 13.4. The molecular formula is C13H18ClNO3. The molecule has 0 radical (unpaired) electrons. The van der Waals surface area contributed by atoms with E-state index in [1.807, 2.05) is 26.0 Å². The van der Waals surface area contributed by atoms with Gasteiger partial charge in [0.05, 0.1) is 13.2 Å². The van der Waals surface area contributed by atoms with E-state index in [4.69, 9.17) is 21.2 Å². The van der Waals surface area contributed by atoms with E-state index in [0.717, 1.165) is 11.3 Å². The molecule has 5 heteroatoms. The predicted octanol–water partition coefficient (Wildman–Crippen LogP) is 2.88. The van der Waals surface area contributed by atoms with Crippen LogP contribution in [0.1, 0.15) is 25.3 Å². The predicted molar refractivity (Wildman–Crippen MR) is 70.7 cm³/mol. The lowest BCUT2D eigenvalue weighted by Gasteiger charge is -2.09. The van der Waals surface area contributed by atoms with E-state index < -0.39 is 0 Å². The lowest BCUT2D eigenvalue weighted by atomic mass is 10.2. The molecule has 0 saturated heterocycles. The highest BCUT2D eigenvalue weighted by Gasteiger charge is 2.03. The maximum absolute atomic E-state index is 11.2. The van der Waals surface area contributed by atoms with Gasteiger partial charge in [0.2, 0.25) is 5.91 Å². The van der Waals surface area contributed by atoms with Gasteiger partial charge in [-0.25, -0.2) is 5.48 Å². The Labute approximate surface area is 112 Å². The van der Waals surface area contributed by atoms with E-state index in [1.54, 1.807) is 6.07 Å². The molecular weight excluding hydrogens is 254 g/mol. The van der Waals surface area contributed by atoms with Gasteiger partial charge in [-0.1, -0.05) is 11.6 Å². The second kappa shape index (κ2) is 7.95. The smallest absolute Gasteiger partial charge is 0.243 e. The van der Waals surface area contributed by atoms with Crippen LogP contribution in [0.15, 0.2) is 18.2 Å². The lowest BCUT2D eigenvalue weighted by molar-refractivity contribution is -0.133. The van der Waals surface area contributed by atoms with E-state index >= 15 is 0 Å². The maximum atomic E-state index is 11.2. The fraction of sp³-hybridized carbons (Fsp3) is 0.462. The minimum Gasteiger partial charge on any atom is -0.493 e. The Hall–Kier alpha value is -1.26. The Morgan fingerprint density at radius 3 is 2.89 bits per heavy atom. The quantitative estimate of drug-likeness (QED) is 0.613. The van der Waals surface area contributed by atoms with Crippen LogP contribution in [0.5, 0.6) is 5.75 Å². The molecule has 0 aliphatic carbocycles. The summed E-state index contributed by atoms with van der Waals surface area (Å²) in [6.45, 7) is 4.70. The van der Waals surface area contributed by atoms with Crippen molar-refractivity contribution in [2.45, 2.75) is 26.7 Å². The average Bonchev–Trinajstić information content (AvgIpc) is 2.34. The number of rotatable bonds is 7. The van der Waals surface area contributed by atoms with Crippen molar-refractivity contribution >= 4 is 17.5 Å². The molecule has 4 nitrogen and oxygen atoms in total. The van der Waals surface area contributed by atoms with Gasteiger partial charge in [-0.2, -0.15) is 0 Å². The summed E-state index contributed by atoms with van der Waals surface area (Å²) in [5, 5.41) is 0.691. The Morgan fingerprint density at radius 2 is 2.22 bits per heavy atom. The van der Waals surface area contributed by atoms with Crippen molar-refractivity contribution in [1.82, 2.24) is 5.48 Å². The molecule has 0 saturated carbocycles. The zero-order valence-electron chi connectivity index (χ0n) is 10.7.